The molecule has 0 N–H and O–H groups in total. The fraction of sp³-hybridized carbons (Fsp3) is 0. The number of hydrogen-bond donors (Lipinski definition) is 0. The second-order valence-electron chi connectivity index (χ2n) is 5.80. The summed E-state index contributed by atoms with van der Waals surface area (Å²) in [5.41, 5.74) is 2.06. The number of pyridine rings is 1. The van der Waals surface area contributed by atoms with Crippen molar-refractivity contribution in [2.24, 2.45) is 0 Å². The van der Waals surface area contributed by atoms with Crippen LogP contribution in [0.1, 0.15) is 0 Å². The van der Waals surface area contributed by atoms with E-state index in [-0.39, 0.29) is 5.56 Å². The normalized spacial score (nSPS) is 11.7. The first-order chi connectivity index (χ1) is 11.7. The fourth-order valence-corrected chi connectivity index (χ4v) is 3.53. The standard InChI is InChI=1S/C20H11ClN2O/c21-12-9-10-14-13-5-1-2-6-15(13)19-22-17-8-4-3-7-16(17)20(24)23(19)18(14)11-12/h1-11H. The van der Waals surface area contributed by atoms with Crippen molar-refractivity contribution in [1.82, 2.24) is 9.38 Å². The second kappa shape index (κ2) is 4.79. The van der Waals surface area contributed by atoms with Crippen LogP contribution in [0.25, 0.3) is 38.2 Å². The van der Waals surface area contributed by atoms with Gasteiger partial charge in [0, 0.05) is 15.8 Å². The van der Waals surface area contributed by atoms with Crippen LogP contribution in [-0.2, 0) is 0 Å². The van der Waals surface area contributed by atoms with Gasteiger partial charge in [-0.15, -0.1) is 0 Å². The molecule has 0 fully saturated rings. The van der Waals surface area contributed by atoms with Crippen LogP contribution in [0.4, 0.5) is 0 Å². The SMILES string of the molecule is O=c1c2ccccc2nc2c3ccccc3c3ccc(Cl)cc3n12. The highest BCUT2D eigenvalue weighted by atomic mass is 35.5. The molecule has 0 spiro atoms. The molecule has 0 amide bonds. The molecule has 0 saturated heterocycles. The highest BCUT2D eigenvalue weighted by Crippen LogP contribution is 2.30. The van der Waals surface area contributed by atoms with Crippen LogP contribution >= 0.6 is 11.6 Å². The molecule has 3 nitrogen and oxygen atoms in total. The molecule has 0 aliphatic carbocycles. The van der Waals surface area contributed by atoms with Gasteiger partial charge in [-0.3, -0.25) is 9.20 Å². The summed E-state index contributed by atoms with van der Waals surface area (Å²) >= 11 is 6.21. The molecule has 0 atom stereocenters. The van der Waals surface area contributed by atoms with E-state index in [4.69, 9.17) is 16.6 Å². The highest BCUT2D eigenvalue weighted by molar-refractivity contribution is 6.31. The van der Waals surface area contributed by atoms with Gasteiger partial charge in [0.1, 0.15) is 5.65 Å². The monoisotopic (exact) mass is 330 g/mol. The summed E-state index contributed by atoms with van der Waals surface area (Å²) < 4.78 is 1.67. The van der Waals surface area contributed by atoms with Crippen LogP contribution in [0.5, 0.6) is 0 Å². The third-order valence-electron chi connectivity index (χ3n) is 4.43. The van der Waals surface area contributed by atoms with Crippen molar-refractivity contribution in [3.63, 3.8) is 0 Å². The summed E-state index contributed by atoms with van der Waals surface area (Å²) in [4.78, 5) is 17.9. The topological polar surface area (TPSA) is 34.4 Å². The van der Waals surface area contributed by atoms with Crippen LogP contribution in [0, 0.1) is 0 Å². The van der Waals surface area contributed by atoms with Crippen molar-refractivity contribution in [3.05, 3.63) is 82.1 Å². The van der Waals surface area contributed by atoms with Gasteiger partial charge in [-0.2, -0.15) is 0 Å². The Hall–Kier alpha value is -2.91. The smallest absolute Gasteiger partial charge is 0.266 e. The van der Waals surface area contributed by atoms with Crippen molar-refractivity contribution in [1.29, 1.82) is 0 Å². The number of rotatable bonds is 0. The Bertz CT molecular complexity index is 1340. The zero-order valence-corrected chi connectivity index (χ0v) is 13.3. The molecule has 0 bridgehead atoms. The minimum atomic E-state index is -0.0754. The van der Waals surface area contributed by atoms with Crippen molar-refractivity contribution in [2.75, 3.05) is 0 Å². The molecule has 0 radical (unpaired) electrons. The maximum absolute atomic E-state index is 13.1. The molecule has 0 aliphatic rings. The number of nitrogens with zero attached hydrogens (tertiary/aromatic N) is 2. The molecule has 114 valence electrons. The molecule has 5 rings (SSSR count). The number of hydrogen-bond acceptors (Lipinski definition) is 2. The average Bonchev–Trinajstić information content (AvgIpc) is 2.62. The lowest BCUT2D eigenvalue weighted by molar-refractivity contribution is 1.14. The average molecular weight is 331 g/mol. The van der Waals surface area contributed by atoms with Gasteiger partial charge < -0.3 is 0 Å². The lowest BCUT2D eigenvalue weighted by Gasteiger charge is -2.12. The summed E-state index contributed by atoms with van der Waals surface area (Å²) in [6, 6.07) is 21.1. The maximum Gasteiger partial charge on any atom is 0.266 e. The number of benzene rings is 3. The molecular formula is C20H11ClN2O. The zero-order chi connectivity index (χ0) is 16.3. The highest BCUT2D eigenvalue weighted by Gasteiger charge is 2.13. The predicted octanol–water partition coefficient (Wildman–Crippen LogP) is 4.81. The Morgan fingerprint density at radius 2 is 1.50 bits per heavy atom. The molecule has 3 aromatic carbocycles. The van der Waals surface area contributed by atoms with Crippen LogP contribution < -0.4 is 5.56 Å². The van der Waals surface area contributed by atoms with Crippen molar-refractivity contribution >= 4 is 49.8 Å². The summed E-state index contributed by atoms with van der Waals surface area (Å²) in [7, 11) is 0. The van der Waals surface area contributed by atoms with Crippen LogP contribution in [0.3, 0.4) is 0 Å². The molecule has 0 unspecified atom stereocenters. The first-order valence-electron chi connectivity index (χ1n) is 7.65. The van der Waals surface area contributed by atoms with Crippen LogP contribution in [0.2, 0.25) is 5.02 Å². The quantitative estimate of drug-likeness (QED) is 0.302. The minimum Gasteiger partial charge on any atom is -0.268 e. The largest absolute Gasteiger partial charge is 0.268 e. The molecule has 2 heterocycles. The van der Waals surface area contributed by atoms with E-state index in [1.807, 2.05) is 66.7 Å². The number of fused-ring (bicyclic) bond motifs is 7. The molecule has 24 heavy (non-hydrogen) atoms. The number of para-hydroxylation sites is 1. The van der Waals surface area contributed by atoms with E-state index in [1.54, 1.807) is 4.40 Å². The fourth-order valence-electron chi connectivity index (χ4n) is 3.37. The van der Waals surface area contributed by atoms with Gasteiger partial charge in [0.05, 0.1) is 16.4 Å². The van der Waals surface area contributed by atoms with Crippen LogP contribution in [0.15, 0.2) is 71.5 Å². The van der Waals surface area contributed by atoms with E-state index in [2.05, 4.69) is 0 Å². The van der Waals surface area contributed by atoms with Crippen molar-refractivity contribution < 1.29 is 0 Å². The Morgan fingerprint density at radius 3 is 2.33 bits per heavy atom. The predicted molar refractivity (Wildman–Crippen MR) is 99.0 cm³/mol. The Morgan fingerprint density at radius 1 is 0.792 bits per heavy atom. The molecule has 2 aromatic heterocycles. The van der Waals surface area contributed by atoms with E-state index >= 15 is 0 Å². The van der Waals surface area contributed by atoms with E-state index in [0.717, 1.165) is 21.7 Å². The molecular weight excluding hydrogens is 320 g/mol. The van der Waals surface area contributed by atoms with Crippen molar-refractivity contribution in [2.45, 2.75) is 0 Å². The second-order valence-corrected chi connectivity index (χ2v) is 6.24. The summed E-state index contributed by atoms with van der Waals surface area (Å²) in [6.07, 6.45) is 0. The third-order valence-corrected chi connectivity index (χ3v) is 4.67. The van der Waals surface area contributed by atoms with Crippen molar-refractivity contribution in [3.8, 4) is 0 Å². The lowest BCUT2D eigenvalue weighted by atomic mass is 10.1. The van der Waals surface area contributed by atoms with E-state index in [0.29, 0.717) is 21.6 Å². The van der Waals surface area contributed by atoms with Gasteiger partial charge in [0.15, 0.2) is 0 Å². The van der Waals surface area contributed by atoms with Gasteiger partial charge >= 0.3 is 0 Å². The molecule has 5 aromatic rings. The van der Waals surface area contributed by atoms with Gasteiger partial charge in [-0.05, 0) is 29.7 Å². The van der Waals surface area contributed by atoms with E-state index in [9.17, 15) is 4.79 Å². The lowest BCUT2D eigenvalue weighted by Crippen LogP contribution is -2.16. The van der Waals surface area contributed by atoms with E-state index < -0.39 is 0 Å². The minimum absolute atomic E-state index is 0.0754. The Labute approximate surface area is 141 Å². The number of halogens is 1. The molecule has 0 aliphatic heterocycles. The summed E-state index contributed by atoms with van der Waals surface area (Å²) in [5, 5.41) is 4.20. The zero-order valence-electron chi connectivity index (χ0n) is 12.5. The third kappa shape index (κ3) is 1.73. The van der Waals surface area contributed by atoms with Gasteiger partial charge in [0.25, 0.3) is 5.56 Å². The summed E-state index contributed by atoms with van der Waals surface area (Å²) in [5.74, 6) is 0. The van der Waals surface area contributed by atoms with Crippen LogP contribution in [-0.4, -0.2) is 9.38 Å². The van der Waals surface area contributed by atoms with Gasteiger partial charge in [0.2, 0.25) is 0 Å². The first-order valence-corrected chi connectivity index (χ1v) is 8.03. The first kappa shape index (κ1) is 13.5. The maximum atomic E-state index is 13.1. The summed E-state index contributed by atoms with van der Waals surface area (Å²) in [6.45, 7) is 0. The van der Waals surface area contributed by atoms with Gasteiger partial charge in [-0.25, -0.2) is 4.98 Å². The Kier molecular flexibility index (Phi) is 2.70. The van der Waals surface area contributed by atoms with Gasteiger partial charge in [-0.1, -0.05) is 54.1 Å². The molecule has 4 heteroatoms. The molecule has 0 saturated carbocycles. The number of aromatic nitrogens is 2. The van der Waals surface area contributed by atoms with E-state index in [1.165, 1.54) is 0 Å². The Balaban J connectivity index is 2.23.